The molecule has 2 N–H and O–H groups in total. The number of rotatable bonds is 4. The van der Waals surface area contributed by atoms with Crippen molar-refractivity contribution in [1.82, 2.24) is 4.90 Å². The van der Waals surface area contributed by atoms with Gasteiger partial charge in [0.05, 0.1) is 12.1 Å². The maximum absolute atomic E-state index is 12.5. The normalized spacial score (nSPS) is 28.2. The standard InChI is InChI=1S/C22H25NO3/c1-15-4-2-3-5-20(15)22(26)10-17-12-23(13-18(17)11-22)14-21(25)16-6-8-19(24)9-7-16/h2-9,17-18,24,26H,10-14H2,1H3. The summed E-state index contributed by atoms with van der Waals surface area (Å²) in [7, 11) is 0. The number of ketones is 1. The Balaban J connectivity index is 1.40. The zero-order valence-electron chi connectivity index (χ0n) is 15.1. The van der Waals surface area contributed by atoms with Crippen molar-refractivity contribution in [1.29, 1.82) is 0 Å². The molecule has 26 heavy (non-hydrogen) atoms. The molecule has 136 valence electrons. The molecule has 2 aliphatic rings. The summed E-state index contributed by atoms with van der Waals surface area (Å²) < 4.78 is 0. The van der Waals surface area contributed by atoms with E-state index in [0.717, 1.165) is 37.1 Å². The van der Waals surface area contributed by atoms with E-state index in [1.165, 1.54) is 0 Å². The number of nitrogens with zero attached hydrogens (tertiary/aromatic N) is 1. The monoisotopic (exact) mass is 351 g/mol. The van der Waals surface area contributed by atoms with Crippen LogP contribution in [0.5, 0.6) is 5.75 Å². The highest BCUT2D eigenvalue weighted by Gasteiger charge is 2.49. The number of hydrogen-bond acceptors (Lipinski definition) is 4. The minimum absolute atomic E-state index is 0.0825. The van der Waals surface area contributed by atoms with Crippen LogP contribution in [0.25, 0.3) is 0 Å². The van der Waals surface area contributed by atoms with E-state index in [1.54, 1.807) is 24.3 Å². The third-order valence-electron chi connectivity index (χ3n) is 6.05. The Kier molecular flexibility index (Phi) is 4.33. The average Bonchev–Trinajstić information content (AvgIpc) is 3.10. The largest absolute Gasteiger partial charge is 0.508 e. The van der Waals surface area contributed by atoms with Crippen LogP contribution in [0.4, 0.5) is 0 Å². The van der Waals surface area contributed by atoms with Gasteiger partial charge in [0.1, 0.15) is 5.75 Å². The van der Waals surface area contributed by atoms with Gasteiger partial charge in [0.15, 0.2) is 5.78 Å². The second kappa shape index (κ2) is 6.53. The van der Waals surface area contributed by atoms with Crippen LogP contribution in [0.15, 0.2) is 48.5 Å². The molecule has 0 bridgehead atoms. The summed E-state index contributed by atoms with van der Waals surface area (Å²) in [5.74, 6) is 1.13. The highest BCUT2D eigenvalue weighted by atomic mass is 16.3. The van der Waals surface area contributed by atoms with Crippen LogP contribution in [0.2, 0.25) is 0 Å². The summed E-state index contributed by atoms with van der Waals surface area (Å²) in [5, 5.41) is 20.6. The third-order valence-corrected chi connectivity index (χ3v) is 6.05. The fourth-order valence-corrected chi connectivity index (χ4v) is 4.83. The van der Waals surface area contributed by atoms with Gasteiger partial charge in [0.2, 0.25) is 0 Å². The molecule has 0 amide bonds. The molecule has 2 aromatic carbocycles. The first kappa shape index (κ1) is 17.3. The van der Waals surface area contributed by atoms with Crippen LogP contribution in [-0.4, -0.2) is 40.5 Å². The summed E-state index contributed by atoms with van der Waals surface area (Å²) in [6, 6.07) is 14.6. The number of aliphatic hydroxyl groups is 1. The van der Waals surface area contributed by atoms with Crippen molar-refractivity contribution in [3.05, 3.63) is 65.2 Å². The molecule has 1 heterocycles. The van der Waals surface area contributed by atoms with Gasteiger partial charge in [0, 0.05) is 18.7 Å². The summed E-state index contributed by atoms with van der Waals surface area (Å²) in [6.45, 7) is 4.19. The Bertz CT molecular complexity index is 800. The molecule has 0 aromatic heterocycles. The molecule has 4 rings (SSSR count). The first-order chi connectivity index (χ1) is 12.4. The summed E-state index contributed by atoms with van der Waals surface area (Å²) in [4.78, 5) is 14.7. The minimum atomic E-state index is -0.728. The number of carbonyl (C=O) groups is 1. The number of phenolic OH excluding ortho intramolecular Hbond substituents is 1. The highest BCUT2D eigenvalue weighted by molar-refractivity contribution is 5.97. The third kappa shape index (κ3) is 3.15. The number of Topliss-reactive ketones (excluding diaryl/α,β-unsaturated/α-hetero) is 1. The van der Waals surface area contributed by atoms with Crippen LogP contribution in [0.3, 0.4) is 0 Å². The van der Waals surface area contributed by atoms with Crippen molar-refractivity contribution in [3.63, 3.8) is 0 Å². The molecule has 1 aliphatic carbocycles. The van der Waals surface area contributed by atoms with Gasteiger partial charge in [-0.1, -0.05) is 24.3 Å². The number of fused-ring (bicyclic) bond motifs is 1. The lowest BCUT2D eigenvalue weighted by Crippen LogP contribution is -2.32. The average molecular weight is 351 g/mol. The summed E-state index contributed by atoms with van der Waals surface area (Å²) in [5.41, 5.74) is 2.11. The molecule has 0 spiro atoms. The van der Waals surface area contributed by atoms with Gasteiger partial charge in [-0.15, -0.1) is 0 Å². The highest BCUT2D eigenvalue weighted by Crippen LogP contribution is 2.49. The van der Waals surface area contributed by atoms with Gasteiger partial charge in [-0.3, -0.25) is 9.69 Å². The number of likely N-dealkylation sites (tertiary alicyclic amines) is 1. The van der Waals surface area contributed by atoms with Crippen molar-refractivity contribution >= 4 is 5.78 Å². The molecule has 1 saturated carbocycles. The summed E-state index contributed by atoms with van der Waals surface area (Å²) >= 11 is 0. The fraction of sp³-hybridized carbons (Fsp3) is 0.409. The van der Waals surface area contributed by atoms with E-state index in [-0.39, 0.29) is 11.5 Å². The zero-order chi connectivity index (χ0) is 18.3. The molecular weight excluding hydrogens is 326 g/mol. The lowest BCUT2D eigenvalue weighted by atomic mass is 9.87. The molecule has 2 unspecified atom stereocenters. The quantitative estimate of drug-likeness (QED) is 0.831. The van der Waals surface area contributed by atoms with Crippen LogP contribution < -0.4 is 0 Å². The van der Waals surface area contributed by atoms with E-state index in [2.05, 4.69) is 17.9 Å². The Labute approximate surface area is 154 Å². The van der Waals surface area contributed by atoms with Crippen LogP contribution >= 0.6 is 0 Å². The Morgan fingerprint density at radius 2 is 1.69 bits per heavy atom. The molecule has 0 radical (unpaired) electrons. The van der Waals surface area contributed by atoms with E-state index in [4.69, 9.17) is 0 Å². The van der Waals surface area contributed by atoms with E-state index in [1.807, 2.05) is 18.2 Å². The molecule has 2 fully saturated rings. The van der Waals surface area contributed by atoms with Gasteiger partial charge in [0.25, 0.3) is 0 Å². The van der Waals surface area contributed by atoms with Crippen molar-refractivity contribution in [2.75, 3.05) is 19.6 Å². The van der Waals surface area contributed by atoms with Crippen LogP contribution in [0, 0.1) is 18.8 Å². The second-order valence-corrected chi connectivity index (χ2v) is 7.94. The zero-order valence-corrected chi connectivity index (χ0v) is 15.1. The number of phenols is 1. The lowest BCUT2D eigenvalue weighted by molar-refractivity contribution is 0.0309. The maximum atomic E-state index is 12.5. The predicted octanol–water partition coefficient (Wildman–Crippen LogP) is 3.11. The Morgan fingerprint density at radius 3 is 2.31 bits per heavy atom. The van der Waals surface area contributed by atoms with Crippen molar-refractivity contribution < 1.29 is 15.0 Å². The lowest BCUT2D eigenvalue weighted by Gasteiger charge is -2.27. The Hall–Kier alpha value is -2.17. The van der Waals surface area contributed by atoms with E-state index in [0.29, 0.717) is 23.9 Å². The maximum Gasteiger partial charge on any atom is 0.176 e. The second-order valence-electron chi connectivity index (χ2n) is 7.94. The molecule has 1 aliphatic heterocycles. The fourth-order valence-electron chi connectivity index (χ4n) is 4.83. The Morgan fingerprint density at radius 1 is 1.08 bits per heavy atom. The van der Waals surface area contributed by atoms with Gasteiger partial charge < -0.3 is 10.2 Å². The van der Waals surface area contributed by atoms with Gasteiger partial charge in [-0.05, 0) is 67.0 Å². The van der Waals surface area contributed by atoms with E-state index >= 15 is 0 Å². The number of aromatic hydroxyl groups is 1. The molecule has 1 saturated heterocycles. The first-order valence-electron chi connectivity index (χ1n) is 9.28. The van der Waals surface area contributed by atoms with Crippen LogP contribution in [-0.2, 0) is 5.60 Å². The van der Waals surface area contributed by atoms with E-state index < -0.39 is 5.60 Å². The number of aryl methyl sites for hydroxylation is 1. The molecule has 4 nitrogen and oxygen atoms in total. The molecule has 2 atom stereocenters. The van der Waals surface area contributed by atoms with Crippen molar-refractivity contribution in [2.45, 2.75) is 25.4 Å². The first-order valence-corrected chi connectivity index (χ1v) is 9.28. The van der Waals surface area contributed by atoms with Gasteiger partial charge >= 0.3 is 0 Å². The molecule has 2 aromatic rings. The molecular formula is C22H25NO3. The minimum Gasteiger partial charge on any atom is -0.508 e. The van der Waals surface area contributed by atoms with Crippen LogP contribution in [0.1, 0.15) is 34.3 Å². The van der Waals surface area contributed by atoms with Gasteiger partial charge in [-0.25, -0.2) is 0 Å². The topological polar surface area (TPSA) is 60.8 Å². The number of hydrogen-bond donors (Lipinski definition) is 2. The van der Waals surface area contributed by atoms with E-state index in [9.17, 15) is 15.0 Å². The predicted molar refractivity (Wildman–Crippen MR) is 100 cm³/mol. The SMILES string of the molecule is Cc1ccccc1C1(O)CC2CN(CC(=O)c3ccc(O)cc3)CC2C1. The summed E-state index contributed by atoms with van der Waals surface area (Å²) in [6.07, 6.45) is 1.54. The number of benzene rings is 2. The smallest absolute Gasteiger partial charge is 0.176 e. The molecule has 4 heteroatoms. The van der Waals surface area contributed by atoms with Gasteiger partial charge in [-0.2, -0.15) is 0 Å². The van der Waals surface area contributed by atoms with Crippen molar-refractivity contribution in [2.24, 2.45) is 11.8 Å². The van der Waals surface area contributed by atoms with Crippen molar-refractivity contribution in [3.8, 4) is 5.75 Å². The number of carbonyl (C=O) groups excluding carboxylic acids is 1.